The first-order valence-corrected chi connectivity index (χ1v) is 8.12. The van der Waals surface area contributed by atoms with Gasteiger partial charge in [-0.05, 0) is 55.3 Å². The van der Waals surface area contributed by atoms with Gasteiger partial charge in [-0.1, -0.05) is 30.3 Å². The lowest BCUT2D eigenvalue weighted by Crippen LogP contribution is -2.32. The summed E-state index contributed by atoms with van der Waals surface area (Å²) in [4.78, 5) is 5.02. The van der Waals surface area contributed by atoms with Crippen LogP contribution in [0.5, 0.6) is 0 Å². The molecule has 2 aliphatic rings. The van der Waals surface area contributed by atoms with Crippen LogP contribution in [0, 0.1) is 5.92 Å². The smallest absolute Gasteiger partial charge is 0.0393 e. The van der Waals surface area contributed by atoms with E-state index >= 15 is 0 Å². The minimum absolute atomic E-state index is 0.710. The van der Waals surface area contributed by atoms with Gasteiger partial charge in [-0.3, -0.25) is 0 Å². The summed E-state index contributed by atoms with van der Waals surface area (Å²) in [5.74, 6) is 0.812. The lowest BCUT2D eigenvalue weighted by Gasteiger charge is -2.23. The number of likely N-dealkylation sites (tertiary alicyclic amines) is 1. The highest BCUT2D eigenvalue weighted by atomic mass is 15.3. The van der Waals surface area contributed by atoms with Gasteiger partial charge in [-0.2, -0.15) is 0 Å². The maximum atomic E-state index is 6.17. The Hall–Kier alpha value is -2.00. The first-order chi connectivity index (χ1) is 10.7. The highest BCUT2D eigenvalue weighted by Gasteiger charge is 2.39. The van der Waals surface area contributed by atoms with E-state index in [0.29, 0.717) is 6.04 Å². The molecule has 2 aromatic rings. The van der Waals surface area contributed by atoms with Crippen LogP contribution in [0.15, 0.2) is 48.5 Å². The third-order valence-corrected chi connectivity index (χ3v) is 5.24. The summed E-state index contributed by atoms with van der Waals surface area (Å²) in [6.07, 6.45) is 1.32. The fraction of sp³-hybridized carbons (Fsp3) is 0.368. The van der Waals surface area contributed by atoms with E-state index in [1.807, 2.05) is 6.07 Å². The second kappa shape index (κ2) is 5.33. The van der Waals surface area contributed by atoms with Crippen molar-refractivity contribution >= 4 is 11.4 Å². The Morgan fingerprint density at radius 2 is 1.82 bits per heavy atom. The maximum Gasteiger partial charge on any atom is 0.0393 e. The average molecular weight is 293 g/mol. The van der Waals surface area contributed by atoms with E-state index in [4.69, 9.17) is 5.73 Å². The molecule has 3 heteroatoms. The first-order valence-electron chi connectivity index (χ1n) is 8.12. The van der Waals surface area contributed by atoms with Gasteiger partial charge in [0.05, 0.1) is 0 Å². The van der Waals surface area contributed by atoms with Crippen LogP contribution in [-0.4, -0.2) is 37.6 Å². The van der Waals surface area contributed by atoms with Crippen molar-refractivity contribution in [3.05, 3.63) is 48.5 Å². The second-order valence-corrected chi connectivity index (χ2v) is 6.68. The Morgan fingerprint density at radius 3 is 2.59 bits per heavy atom. The number of fused-ring (bicyclic) bond motifs is 1. The zero-order chi connectivity index (χ0) is 15.1. The molecule has 0 spiro atoms. The van der Waals surface area contributed by atoms with Crippen LogP contribution in [0.2, 0.25) is 0 Å². The highest BCUT2D eigenvalue weighted by molar-refractivity contribution is 5.73. The fourth-order valence-corrected chi connectivity index (χ4v) is 4.00. The number of nitrogen functional groups attached to an aromatic ring is 1. The number of benzene rings is 2. The summed E-state index contributed by atoms with van der Waals surface area (Å²) in [5.41, 5.74) is 10.7. The first kappa shape index (κ1) is 13.6. The third-order valence-electron chi connectivity index (χ3n) is 5.24. The molecule has 0 saturated carbocycles. The Bertz CT molecular complexity index is 668. The molecule has 2 aliphatic heterocycles. The van der Waals surface area contributed by atoms with Crippen LogP contribution in [0.25, 0.3) is 11.1 Å². The Labute approximate surface area is 132 Å². The van der Waals surface area contributed by atoms with E-state index in [2.05, 4.69) is 59.3 Å². The molecule has 2 aromatic carbocycles. The fourth-order valence-electron chi connectivity index (χ4n) is 4.00. The number of nitrogens with zero attached hydrogens (tertiary/aromatic N) is 2. The van der Waals surface area contributed by atoms with Crippen molar-refractivity contribution in [3.8, 4) is 11.1 Å². The predicted molar refractivity (Wildman–Crippen MR) is 93.0 cm³/mol. The molecule has 114 valence electrons. The third kappa shape index (κ3) is 2.35. The molecule has 0 bridgehead atoms. The van der Waals surface area contributed by atoms with Crippen molar-refractivity contribution in [2.24, 2.45) is 5.92 Å². The molecule has 0 aromatic heterocycles. The molecule has 0 radical (unpaired) electrons. The SMILES string of the molecule is CN1CCC2CN(c3cc(N)cc(-c4ccccc4)c3)CC21. The highest BCUT2D eigenvalue weighted by Crippen LogP contribution is 2.35. The molecule has 2 saturated heterocycles. The maximum absolute atomic E-state index is 6.17. The van der Waals surface area contributed by atoms with Gasteiger partial charge < -0.3 is 15.5 Å². The van der Waals surface area contributed by atoms with Gasteiger partial charge in [0.1, 0.15) is 0 Å². The molecule has 2 atom stereocenters. The van der Waals surface area contributed by atoms with Gasteiger partial charge in [0.2, 0.25) is 0 Å². The van der Waals surface area contributed by atoms with Crippen molar-refractivity contribution in [3.63, 3.8) is 0 Å². The van der Waals surface area contributed by atoms with Crippen LogP contribution < -0.4 is 10.6 Å². The molecule has 2 N–H and O–H groups in total. The van der Waals surface area contributed by atoms with Crippen molar-refractivity contribution in [2.45, 2.75) is 12.5 Å². The number of rotatable bonds is 2. The minimum Gasteiger partial charge on any atom is -0.399 e. The van der Waals surface area contributed by atoms with Crippen molar-refractivity contribution < 1.29 is 0 Å². The molecular formula is C19H23N3. The van der Waals surface area contributed by atoms with Crippen LogP contribution in [0.1, 0.15) is 6.42 Å². The van der Waals surface area contributed by atoms with Crippen molar-refractivity contribution in [1.82, 2.24) is 4.90 Å². The lowest BCUT2D eigenvalue weighted by atomic mass is 10.0. The minimum atomic E-state index is 0.710. The number of nitrogens with two attached hydrogens (primary N) is 1. The Kier molecular flexibility index (Phi) is 3.30. The zero-order valence-corrected chi connectivity index (χ0v) is 13.1. The topological polar surface area (TPSA) is 32.5 Å². The van der Waals surface area contributed by atoms with Gasteiger partial charge in [0, 0.05) is 30.5 Å². The van der Waals surface area contributed by atoms with Crippen LogP contribution >= 0.6 is 0 Å². The summed E-state index contributed by atoms with van der Waals surface area (Å²) in [7, 11) is 2.25. The van der Waals surface area contributed by atoms with E-state index < -0.39 is 0 Å². The molecule has 22 heavy (non-hydrogen) atoms. The second-order valence-electron chi connectivity index (χ2n) is 6.68. The van der Waals surface area contributed by atoms with Gasteiger partial charge >= 0.3 is 0 Å². The lowest BCUT2D eigenvalue weighted by molar-refractivity contribution is 0.310. The van der Waals surface area contributed by atoms with Gasteiger partial charge in [0.15, 0.2) is 0 Å². The van der Waals surface area contributed by atoms with Crippen molar-refractivity contribution in [2.75, 3.05) is 37.3 Å². The van der Waals surface area contributed by atoms with E-state index in [1.54, 1.807) is 0 Å². The summed E-state index contributed by atoms with van der Waals surface area (Å²) >= 11 is 0. The van der Waals surface area contributed by atoms with Gasteiger partial charge in [-0.25, -0.2) is 0 Å². The number of likely N-dealkylation sites (N-methyl/N-ethyl adjacent to an activating group) is 1. The monoisotopic (exact) mass is 293 g/mol. The summed E-state index contributed by atoms with van der Waals surface area (Å²) < 4.78 is 0. The Balaban J connectivity index is 1.64. The van der Waals surface area contributed by atoms with Crippen LogP contribution in [-0.2, 0) is 0 Å². The van der Waals surface area contributed by atoms with Crippen molar-refractivity contribution in [1.29, 1.82) is 0 Å². The molecule has 3 nitrogen and oxygen atoms in total. The van der Waals surface area contributed by atoms with E-state index in [0.717, 1.165) is 24.7 Å². The van der Waals surface area contributed by atoms with E-state index in [-0.39, 0.29) is 0 Å². The van der Waals surface area contributed by atoms with Gasteiger partial charge in [0.25, 0.3) is 0 Å². The average Bonchev–Trinajstić information content (AvgIpc) is 3.10. The molecule has 2 unspecified atom stereocenters. The molecule has 2 heterocycles. The zero-order valence-electron chi connectivity index (χ0n) is 13.1. The molecular weight excluding hydrogens is 270 g/mol. The van der Waals surface area contributed by atoms with Crippen LogP contribution in [0.3, 0.4) is 0 Å². The summed E-state index contributed by atoms with van der Waals surface area (Å²) in [5, 5.41) is 0. The van der Waals surface area contributed by atoms with Gasteiger partial charge in [-0.15, -0.1) is 0 Å². The molecule has 2 fully saturated rings. The predicted octanol–water partition coefficient (Wildman–Crippen LogP) is 3.08. The van der Waals surface area contributed by atoms with Crippen LogP contribution in [0.4, 0.5) is 11.4 Å². The normalized spacial score (nSPS) is 24.7. The summed E-state index contributed by atoms with van der Waals surface area (Å²) in [6.45, 7) is 3.53. The molecule has 0 amide bonds. The quantitative estimate of drug-likeness (QED) is 0.864. The molecule has 0 aliphatic carbocycles. The number of hydrogen-bond acceptors (Lipinski definition) is 3. The van der Waals surface area contributed by atoms with E-state index in [1.165, 1.54) is 29.8 Å². The number of hydrogen-bond donors (Lipinski definition) is 1. The van der Waals surface area contributed by atoms with E-state index in [9.17, 15) is 0 Å². The Morgan fingerprint density at radius 1 is 1.00 bits per heavy atom. The standard InChI is InChI=1S/C19H23N3/c1-21-8-7-15-12-22(13-19(15)21)18-10-16(9-17(20)11-18)14-5-3-2-4-6-14/h2-6,9-11,15,19H,7-8,12-13,20H2,1H3. The molecule has 4 rings (SSSR count). The summed E-state index contributed by atoms with van der Waals surface area (Å²) in [6, 6.07) is 17.7. The largest absolute Gasteiger partial charge is 0.399 e. The number of anilines is 2.